The van der Waals surface area contributed by atoms with Crippen LogP contribution in [0.2, 0.25) is 0 Å². The lowest BCUT2D eigenvalue weighted by Crippen LogP contribution is -2.40. The summed E-state index contributed by atoms with van der Waals surface area (Å²) >= 11 is 0. The average Bonchev–Trinajstić information content (AvgIpc) is 2.78. The molecule has 0 bridgehead atoms. The molecule has 1 aromatic heterocycles. The van der Waals surface area contributed by atoms with Crippen molar-refractivity contribution in [1.82, 2.24) is 25.0 Å². The SMILES string of the molecule is CN=C(NCCOC1CCCCCC1)N(C)Cc1ncnn1C. The third kappa shape index (κ3) is 5.82. The fourth-order valence-corrected chi connectivity index (χ4v) is 2.93. The molecule has 0 aliphatic heterocycles. The van der Waals surface area contributed by atoms with Crippen LogP contribution in [-0.4, -0.2) is 59.0 Å². The molecule has 7 heteroatoms. The number of aromatic nitrogens is 3. The molecule has 0 saturated heterocycles. The molecule has 1 N–H and O–H groups in total. The van der Waals surface area contributed by atoms with E-state index in [0.29, 0.717) is 12.6 Å². The molecule has 0 unspecified atom stereocenters. The van der Waals surface area contributed by atoms with Crippen molar-refractivity contribution in [3.63, 3.8) is 0 Å². The number of aryl methyl sites for hydroxylation is 1. The summed E-state index contributed by atoms with van der Waals surface area (Å²) in [7, 11) is 5.69. The van der Waals surface area contributed by atoms with E-state index in [1.807, 2.05) is 19.0 Å². The molecule has 1 aromatic rings. The van der Waals surface area contributed by atoms with Crippen molar-refractivity contribution in [3.8, 4) is 0 Å². The van der Waals surface area contributed by atoms with Gasteiger partial charge in [0.1, 0.15) is 12.2 Å². The van der Waals surface area contributed by atoms with E-state index in [0.717, 1.165) is 24.9 Å². The van der Waals surface area contributed by atoms with Crippen LogP contribution in [0.4, 0.5) is 0 Å². The molecule has 23 heavy (non-hydrogen) atoms. The maximum atomic E-state index is 6.00. The molecule has 1 aliphatic carbocycles. The van der Waals surface area contributed by atoms with E-state index in [9.17, 15) is 0 Å². The summed E-state index contributed by atoms with van der Waals surface area (Å²) in [6.45, 7) is 2.16. The van der Waals surface area contributed by atoms with Crippen molar-refractivity contribution < 1.29 is 4.74 Å². The minimum absolute atomic E-state index is 0.442. The van der Waals surface area contributed by atoms with Crippen molar-refractivity contribution >= 4 is 5.96 Å². The Hall–Kier alpha value is -1.63. The number of guanidine groups is 1. The van der Waals surface area contributed by atoms with Gasteiger partial charge in [-0.3, -0.25) is 9.67 Å². The number of nitrogens with one attached hydrogen (secondary N) is 1. The van der Waals surface area contributed by atoms with Gasteiger partial charge in [-0.2, -0.15) is 5.10 Å². The molecule has 1 saturated carbocycles. The number of hydrogen-bond donors (Lipinski definition) is 1. The molecule has 7 nitrogen and oxygen atoms in total. The molecule has 0 amide bonds. The molecule has 1 aliphatic rings. The Labute approximate surface area is 139 Å². The fraction of sp³-hybridized carbons (Fsp3) is 0.812. The lowest BCUT2D eigenvalue weighted by Gasteiger charge is -2.22. The van der Waals surface area contributed by atoms with Gasteiger partial charge >= 0.3 is 0 Å². The van der Waals surface area contributed by atoms with Gasteiger partial charge in [-0.05, 0) is 12.8 Å². The van der Waals surface area contributed by atoms with Gasteiger partial charge in [-0.1, -0.05) is 25.7 Å². The molecule has 130 valence electrons. The zero-order valence-corrected chi connectivity index (χ0v) is 14.7. The molecule has 0 aromatic carbocycles. The van der Waals surface area contributed by atoms with Gasteiger partial charge in [0.15, 0.2) is 5.96 Å². The molecule has 2 rings (SSSR count). The monoisotopic (exact) mass is 322 g/mol. The Bertz CT molecular complexity index is 479. The highest BCUT2D eigenvalue weighted by molar-refractivity contribution is 5.79. The first kappa shape index (κ1) is 17.7. The summed E-state index contributed by atoms with van der Waals surface area (Å²) in [6, 6.07) is 0. The number of hydrogen-bond acceptors (Lipinski definition) is 4. The Morgan fingerprint density at radius 1 is 1.39 bits per heavy atom. The molecule has 1 fully saturated rings. The zero-order chi connectivity index (χ0) is 16.5. The highest BCUT2D eigenvalue weighted by Crippen LogP contribution is 2.19. The highest BCUT2D eigenvalue weighted by atomic mass is 16.5. The van der Waals surface area contributed by atoms with Gasteiger partial charge in [-0.25, -0.2) is 4.98 Å². The highest BCUT2D eigenvalue weighted by Gasteiger charge is 2.13. The van der Waals surface area contributed by atoms with Gasteiger partial charge in [-0.15, -0.1) is 0 Å². The first-order valence-corrected chi connectivity index (χ1v) is 8.57. The number of nitrogens with zero attached hydrogens (tertiary/aromatic N) is 5. The number of aliphatic imine (C=N–C) groups is 1. The van der Waals surface area contributed by atoms with E-state index in [1.54, 1.807) is 18.1 Å². The fourth-order valence-electron chi connectivity index (χ4n) is 2.93. The van der Waals surface area contributed by atoms with E-state index < -0.39 is 0 Å². The van der Waals surface area contributed by atoms with Crippen LogP contribution >= 0.6 is 0 Å². The van der Waals surface area contributed by atoms with Gasteiger partial charge in [0.25, 0.3) is 0 Å². The third-order valence-electron chi connectivity index (χ3n) is 4.30. The van der Waals surface area contributed by atoms with Crippen LogP contribution in [0, 0.1) is 0 Å². The van der Waals surface area contributed by atoms with E-state index in [-0.39, 0.29) is 0 Å². The summed E-state index contributed by atoms with van der Waals surface area (Å²) < 4.78 is 7.78. The number of ether oxygens (including phenoxy) is 1. The minimum Gasteiger partial charge on any atom is -0.376 e. The van der Waals surface area contributed by atoms with Crippen LogP contribution in [0.25, 0.3) is 0 Å². The van der Waals surface area contributed by atoms with E-state index in [1.165, 1.54) is 38.5 Å². The van der Waals surface area contributed by atoms with E-state index in [4.69, 9.17) is 4.74 Å². The standard InChI is InChI=1S/C16H30N6O/c1-17-16(21(2)12-15-19-13-20-22(15)3)18-10-11-23-14-8-6-4-5-7-9-14/h13-14H,4-12H2,1-3H3,(H,17,18). The van der Waals surface area contributed by atoms with Gasteiger partial charge in [0.05, 0.1) is 19.3 Å². The minimum atomic E-state index is 0.442. The lowest BCUT2D eigenvalue weighted by molar-refractivity contribution is 0.0466. The summed E-state index contributed by atoms with van der Waals surface area (Å²) in [5.41, 5.74) is 0. The maximum absolute atomic E-state index is 6.00. The summed E-state index contributed by atoms with van der Waals surface area (Å²) in [4.78, 5) is 10.6. The van der Waals surface area contributed by atoms with E-state index >= 15 is 0 Å². The summed E-state index contributed by atoms with van der Waals surface area (Å²) in [5, 5.41) is 7.44. The second-order valence-corrected chi connectivity index (χ2v) is 6.11. The second kappa shape index (κ2) is 9.50. The first-order valence-electron chi connectivity index (χ1n) is 8.57. The van der Waals surface area contributed by atoms with Gasteiger partial charge in [0, 0.05) is 27.7 Å². The largest absolute Gasteiger partial charge is 0.376 e. The molecule has 0 spiro atoms. The van der Waals surface area contributed by atoms with E-state index in [2.05, 4.69) is 20.4 Å². The lowest BCUT2D eigenvalue weighted by atomic mass is 10.1. The molecule has 0 radical (unpaired) electrons. The van der Waals surface area contributed by atoms with Crippen molar-refractivity contribution in [2.75, 3.05) is 27.2 Å². The van der Waals surface area contributed by atoms with Crippen LogP contribution in [0.1, 0.15) is 44.3 Å². The van der Waals surface area contributed by atoms with Crippen LogP contribution in [-0.2, 0) is 18.3 Å². The molecular weight excluding hydrogens is 292 g/mol. The van der Waals surface area contributed by atoms with Crippen molar-refractivity contribution in [2.24, 2.45) is 12.0 Å². The molecule has 0 atom stereocenters. The smallest absolute Gasteiger partial charge is 0.193 e. The first-order chi connectivity index (χ1) is 11.2. The summed E-state index contributed by atoms with van der Waals surface area (Å²) in [5.74, 6) is 1.75. The maximum Gasteiger partial charge on any atom is 0.193 e. The predicted molar refractivity (Wildman–Crippen MR) is 91.3 cm³/mol. The van der Waals surface area contributed by atoms with Crippen LogP contribution < -0.4 is 5.32 Å². The van der Waals surface area contributed by atoms with Crippen LogP contribution in [0.3, 0.4) is 0 Å². The van der Waals surface area contributed by atoms with Gasteiger partial charge in [0.2, 0.25) is 0 Å². The Kier molecular flexibility index (Phi) is 7.32. The average molecular weight is 322 g/mol. The Balaban J connectivity index is 1.69. The quantitative estimate of drug-likeness (QED) is 0.373. The van der Waals surface area contributed by atoms with Crippen LogP contribution in [0.5, 0.6) is 0 Å². The van der Waals surface area contributed by atoms with Gasteiger partial charge < -0.3 is 15.0 Å². The third-order valence-corrected chi connectivity index (χ3v) is 4.30. The second-order valence-electron chi connectivity index (χ2n) is 6.11. The van der Waals surface area contributed by atoms with Crippen molar-refractivity contribution in [1.29, 1.82) is 0 Å². The summed E-state index contributed by atoms with van der Waals surface area (Å²) in [6.07, 6.45) is 9.76. The topological polar surface area (TPSA) is 67.6 Å². The molecular formula is C16H30N6O. The van der Waals surface area contributed by atoms with Crippen LogP contribution in [0.15, 0.2) is 11.3 Å². The molecule has 1 heterocycles. The Morgan fingerprint density at radius 3 is 2.74 bits per heavy atom. The number of rotatable bonds is 6. The normalized spacial score (nSPS) is 17.1. The zero-order valence-electron chi connectivity index (χ0n) is 14.7. The Morgan fingerprint density at radius 2 is 2.13 bits per heavy atom. The van der Waals surface area contributed by atoms with Crippen molar-refractivity contribution in [3.05, 3.63) is 12.2 Å². The van der Waals surface area contributed by atoms with Crippen molar-refractivity contribution in [2.45, 2.75) is 51.2 Å². The predicted octanol–water partition coefficient (Wildman–Crippen LogP) is 1.56.